The van der Waals surface area contributed by atoms with Gasteiger partial charge in [0.2, 0.25) is 10.0 Å². The molecule has 2 heterocycles. The van der Waals surface area contributed by atoms with Gasteiger partial charge in [-0.15, -0.1) is 0 Å². The molecule has 0 saturated carbocycles. The van der Waals surface area contributed by atoms with Crippen molar-refractivity contribution in [2.24, 2.45) is 0 Å². The summed E-state index contributed by atoms with van der Waals surface area (Å²) in [6.07, 6.45) is -15.7. The average molecular weight is 567 g/mol. The number of halogens is 7. The second-order valence-electron chi connectivity index (χ2n) is 8.70. The summed E-state index contributed by atoms with van der Waals surface area (Å²) in [6, 6.07) is 4.97. The van der Waals surface area contributed by atoms with Crippen LogP contribution in [0.2, 0.25) is 5.02 Å². The number of anilines is 1. The van der Waals surface area contributed by atoms with Crippen molar-refractivity contribution >= 4 is 33.4 Å². The summed E-state index contributed by atoms with van der Waals surface area (Å²) in [7, 11) is -3.37. The summed E-state index contributed by atoms with van der Waals surface area (Å²) in [5, 5.41) is 0.477. The van der Waals surface area contributed by atoms with Gasteiger partial charge in [-0.1, -0.05) is 17.7 Å². The maximum absolute atomic E-state index is 12.7. The minimum atomic E-state index is -5.77. The Morgan fingerprint density at radius 3 is 2.28 bits per heavy atom. The largest absolute Gasteiger partial charge is 0.434 e. The monoisotopic (exact) mass is 566 g/mol. The predicted octanol–water partition coefficient (Wildman–Crippen LogP) is 3.22. The molecule has 16 heteroatoms. The van der Waals surface area contributed by atoms with E-state index in [0.717, 1.165) is 22.4 Å². The molecule has 204 valence electrons. The van der Waals surface area contributed by atoms with Crippen molar-refractivity contribution < 1.29 is 44.3 Å². The van der Waals surface area contributed by atoms with E-state index in [0.29, 0.717) is 31.1 Å². The summed E-state index contributed by atoms with van der Waals surface area (Å²) < 4.78 is 105. The van der Waals surface area contributed by atoms with E-state index in [1.165, 1.54) is 0 Å². The molecule has 2 aliphatic rings. The maximum Gasteiger partial charge on any atom is 0.434 e. The summed E-state index contributed by atoms with van der Waals surface area (Å²) in [6.45, 7) is 1.54. The minimum Gasteiger partial charge on any atom is -0.426 e. The van der Waals surface area contributed by atoms with Crippen LogP contribution in [0.4, 0.5) is 36.8 Å². The predicted molar refractivity (Wildman–Crippen MR) is 119 cm³/mol. The Morgan fingerprint density at radius 2 is 1.72 bits per heavy atom. The van der Waals surface area contributed by atoms with E-state index >= 15 is 0 Å². The molecule has 0 bridgehead atoms. The smallest absolute Gasteiger partial charge is 0.426 e. The third-order valence-electron chi connectivity index (χ3n) is 5.79. The number of nitrogens with zero attached hydrogens (tertiary/aromatic N) is 3. The topological polar surface area (TPSA) is 82.2 Å². The van der Waals surface area contributed by atoms with Gasteiger partial charge in [0, 0.05) is 62.6 Å². The fourth-order valence-electron chi connectivity index (χ4n) is 4.17. The molecular weight excluding hydrogens is 542 g/mol. The molecule has 1 amide bonds. The van der Waals surface area contributed by atoms with Crippen molar-refractivity contribution in [1.29, 1.82) is 0 Å². The van der Waals surface area contributed by atoms with Gasteiger partial charge >= 0.3 is 18.4 Å². The molecule has 36 heavy (non-hydrogen) atoms. The van der Waals surface area contributed by atoms with Crippen LogP contribution in [0.25, 0.3) is 0 Å². The van der Waals surface area contributed by atoms with E-state index in [-0.39, 0.29) is 32.2 Å². The van der Waals surface area contributed by atoms with Crippen LogP contribution < -0.4 is 9.62 Å². The Hall–Kier alpha value is -1.97. The molecule has 1 aromatic rings. The van der Waals surface area contributed by atoms with Gasteiger partial charge in [0.05, 0.1) is 6.26 Å². The summed E-state index contributed by atoms with van der Waals surface area (Å²) >= 11 is 6.17. The first-order valence-corrected chi connectivity index (χ1v) is 13.1. The Morgan fingerprint density at radius 1 is 1.11 bits per heavy atom. The maximum atomic E-state index is 12.7. The van der Waals surface area contributed by atoms with Gasteiger partial charge in [-0.2, -0.15) is 26.3 Å². The van der Waals surface area contributed by atoms with Crippen LogP contribution in [0.1, 0.15) is 12.0 Å². The number of sulfonamides is 1. The van der Waals surface area contributed by atoms with Crippen LogP contribution in [0.3, 0.4) is 0 Å². The number of benzene rings is 1. The molecule has 3 rings (SSSR count). The number of nitrogens with one attached hydrogen (secondary N) is 1. The number of piperazine rings is 1. The molecule has 2 saturated heterocycles. The molecule has 0 radical (unpaired) electrons. The van der Waals surface area contributed by atoms with E-state index < -0.39 is 34.6 Å². The van der Waals surface area contributed by atoms with Gasteiger partial charge in [-0.25, -0.2) is 17.9 Å². The summed E-state index contributed by atoms with van der Waals surface area (Å²) in [5.41, 5.74) is 1.64. The van der Waals surface area contributed by atoms with Crippen molar-refractivity contribution in [2.75, 3.05) is 50.4 Å². The number of carbonyl (C=O) groups is 1. The number of rotatable bonds is 6. The number of amides is 1. The average Bonchev–Trinajstić information content (AvgIpc) is 3.18. The number of carbonyl (C=O) groups excluding carboxylic acids is 1. The van der Waals surface area contributed by atoms with E-state index in [1.807, 2.05) is 9.80 Å². The number of ether oxygens (including phenoxy) is 1. The molecule has 0 unspecified atom stereocenters. The van der Waals surface area contributed by atoms with Gasteiger partial charge in [0.25, 0.3) is 6.10 Å². The molecule has 2 fully saturated rings. The van der Waals surface area contributed by atoms with Gasteiger partial charge in [0.1, 0.15) is 0 Å². The highest BCUT2D eigenvalue weighted by molar-refractivity contribution is 7.88. The van der Waals surface area contributed by atoms with E-state index in [2.05, 4.69) is 9.46 Å². The fraction of sp³-hybridized carbons (Fsp3) is 0.650. The zero-order valence-corrected chi connectivity index (χ0v) is 20.6. The molecule has 0 aromatic heterocycles. The van der Waals surface area contributed by atoms with Crippen molar-refractivity contribution in [3.63, 3.8) is 0 Å². The fourth-order valence-corrected chi connectivity index (χ4v) is 5.13. The van der Waals surface area contributed by atoms with E-state index in [4.69, 9.17) is 11.6 Å². The zero-order valence-electron chi connectivity index (χ0n) is 19.1. The SMILES string of the molecule is CS(=O)(=O)N[C@H]1CCN(c2cc(Cl)ccc2CN2CCN(C(=O)OC(C(F)(F)F)C(F)(F)F)CC2)C1. The molecule has 1 atom stereocenters. The van der Waals surface area contributed by atoms with Gasteiger partial charge < -0.3 is 14.5 Å². The third-order valence-corrected chi connectivity index (χ3v) is 6.79. The van der Waals surface area contributed by atoms with Gasteiger partial charge in [-0.05, 0) is 24.1 Å². The van der Waals surface area contributed by atoms with Crippen LogP contribution in [0.5, 0.6) is 0 Å². The second kappa shape index (κ2) is 10.8. The lowest BCUT2D eigenvalue weighted by Gasteiger charge is -2.36. The van der Waals surface area contributed by atoms with Crippen LogP contribution in [-0.4, -0.2) is 94.3 Å². The lowest BCUT2D eigenvalue weighted by atomic mass is 10.1. The third kappa shape index (κ3) is 7.76. The minimum absolute atomic E-state index is 0.117. The Labute approximate surface area is 209 Å². The number of alkyl halides is 6. The van der Waals surface area contributed by atoms with Crippen molar-refractivity contribution in [3.8, 4) is 0 Å². The van der Waals surface area contributed by atoms with Crippen LogP contribution in [0, 0.1) is 0 Å². The van der Waals surface area contributed by atoms with Crippen LogP contribution in [-0.2, 0) is 21.3 Å². The van der Waals surface area contributed by atoms with Crippen molar-refractivity contribution in [2.45, 2.75) is 37.5 Å². The molecular formula is C20H25ClF6N4O4S. The first-order chi connectivity index (χ1) is 16.5. The molecule has 2 aliphatic heterocycles. The van der Waals surface area contributed by atoms with Gasteiger partial charge in [0.15, 0.2) is 0 Å². The Kier molecular flexibility index (Phi) is 8.57. The van der Waals surface area contributed by atoms with E-state index in [1.54, 1.807) is 18.2 Å². The Balaban J connectivity index is 1.60. The van der Waals surface area contributed by atoms with Crippen molar-refractivity contribution in [3.05, 3.63) is 28.8 Å². The van der Waals surface area contributed by atoms with Crippen LogP contribution >= 0.6 is 11.6 Å². The van der Waals surface area contributed by atoms with Crippen molar-refractivity contribution in [1.82, 2.24) is 14.5 Å². The molecule has 8 nitrogen and oxygen atoms in total. The summed E-state index contributed by atoms with van der Waals surface area (Å²) in [5.74, 6) is 0. The quantitative estimate of drug-likeness (QED) is 0.533. The molecule has 1 N–H and O–H groups in total. The molecule has 1 aromatic carbocycles. The lowest BCUT2D eigenvalue weighted by molar-refractivity contribution is -0.308. The normalized spacial score (nSPS) is 20.3. The highest BCUT2D eigenvalue weighted by Crippen LogP contribution is 2.36. The highest BCUT2D eigenvalue weighted by Gasteiger charge is 2.60. The number of hydrogen-bond acceptors (Lipinski definition) is 6. The summed E-state index contributed by atoms with van der Waals surface area (Å²) in [4.78, 5) is 16.7. The first-order valence-electron chi connectivity index (χ1n) is 10.8. The standard InChI is InChI=1S/C20H25ClF6N4O4S/c1-36(33,34)28-15-4-5-31(12-15)16-10-14(21)3-2-13(16)11-29-6-8-30(9-7-29)18(32)35-17(19(22,23)24)20(25,26)27/h2-3,10,15,17,28H,4-9,11-12H2,1H3/t15-/m0/s1. The van der Waals surface area contributed by atoms with Crippen LogP contribution in [0.15, 0.2) is 18.2 Å². The molecule has 0 aliphatic carbocycles. The highest BCUT2D eigenvalue weighted by atomic mass is 35.5. The zero-order chi connectivity index (χ0) is 26.9. The number of hydrogen-bond donors (Lipinski definition) is 1. The first kappa shape index (κ1) is 28.6. The van der Waals surface area contributed by atoms with E-state index in [9.17, 15) is 39.6 Å². The second-order valence-corrected chi connectivity index (χ2v) is 10.9. The molecule has 0 spiro atoms. The Bertz CT molecular complexity index is 1030. The lowest BCUT2D eigenvalue weighted by Crippen LogP contribution is -2.52. The van der Waals surface area contributed by atoms with Gasteiger partial charge in [-0.3, -0.25) is 4.90 Å².